The summed E-state index contributed by atoms with van der Waals surface area (Å²) in [4.78, 5) is 0. The van der Waals surface area contributed by atoms with Gasteiger partial charge >= 0.3 is 0 Å². The van der Waals surface area contributed by atoms with Gasteiger partial charge in [-0.15, -0.1) is 0 Å². The Hall–Kier alpha value is -0.630. The summed E-state index contributed by atoms with van der Waals surface area (Å²) in [5, 5.41) is 0. The van der Waals surface area contributed by atoms with Gasteiger partial charge in [-0.25, -0.2) is 0 Å². The molecule has 0 unspecified atom stereocenters. The number of rotatable bonds is 3. The molecule has 0 amide bonds. The fourth-order valence-electron chi connectivity index (χ4n) is 0.968. The van der Waals surface area contributed by atoms with Crippen LogP contribution in [-0.2, 0) is 0 Å². The van der Waals surface area contributed by atoms with Crippen molar-refractivity contribution >= 4 is 12.6 Å². The minimum Gasteiger partial charge on any atom is -0.399 e. The number of hydrogen-bond acceptors (Lipinski definition) is 2. The van der Waals surface area contributed by atoms with Gasteiger partial charge in [0.15, 0.2) is 0 Å². The van der Waals surface area contributed by atoms with E-state index in [0.29, 0.717) is 5.75 Å². The third-order valence-corrected chi connectivity index (χ3v) is 2.03. The second-order valence-corrected chi connectivity index (χ2v) is 2.88. The molecule has 0 fully saturated rings. The lowest BCUT2D eigenvalue weighted by Gasteiger charge is -2.06. The van der Waals surface area contributed by atoms with Crippen LogP contribution in [0.4, 0.5) is 0 Å². The average molecular weight is 183 g/mol. The van der Waals surface area contributed by atoms with Gasteiger partial charge in [0.05, 0.1) is 0 Å². The van der Waals surface area contributed by atoms with Gasteiger partial charge in [0.1, 0.15) is 0 Å². The highest BCUT2D eigenvalue weighted by molar-refractivity contribution is 7.80. The Kier molecular flexibility index (Phi) is 5.64. The molecule has 0 rings (SSSR count). The highest BCUT2D eigenvalue weighted by Crippen LogP contribution is 2.13. The minimum atomic E-state index is 0.687. The number of thiol groups is 1. The van der Waals surface area contributed by atoms with Gasteiger partial charge in [0, 0.05) is 11.4 Å². The lowest BCUT2D eigenvalue weighted by molar-refractivity contribution is 1.24. The third-order valence-electron chi connectivity index (χ3n) is 1.71. The maximum Gasteiger partial charge on any atom is 0.0314 e. The van der Waals surface area contributed by atoms with Crippen LogP contribution in [0, 0.1) is 0 Å². The first-order valence-electron chi connectivity index (χ1n) is 4.02. The summed E-state index contributed by atoms with van der Waals surface area (Å²) in [5.41, 5.74) is 8.89. The second-order valence-electron chi connectivity index (χ2n) is 2.56. The molecule has 0 atom stereocenters. The molecule has 0 radical (unpaired) electrons. The molecule has 0 aromatic heterocycles. The van der Waals surface area contributed by atoms with E-state index in [-0.39, 0.29) is 0 Å². The molecule has 0 aliphatic rings. The number of hydrogen-bond donors (Lipinski definition) is 2. The van der Waals surface area contributed by atoms with Crippen molar-refractivity contribution in [3.63, 3.8) is 0 Å². The van der Waals surface area contributed by atoms with Crippen LogP contribution in [-0.4, -0.2) is 5.75 Å². The molecule has 0 bridgehead atoms. The molecule has 0 saturated heterocycles. The summed E-state index contributed by atoms with van der Waals surface area (Å²) in [7, 11) is 0. The van der Waals surface area contributed by atoms with Crippen molar-refractivity contribution in [3.05, 3.63) is 35.1 Å². The lowest BCUT2D eigenvalue weighted by atomic mass is 10.1. The van der Waals surface area contributed by atoms with E-state index in [0.717, 1.165) is 11.3 Å². The zero-order chi connectivity index (χ0) is 9.56. The summed E-state index contributed by atoms with van der Waals surface area (Å²) < 4.78 is 0. The van der Waals surface area contributed by atoms with E-state index >= 15 is 0 Å². The van der Waals surface area contributed by atoms with E-state index in [2.05, 4.69) is 12.6 Å². The first-order valence-corrected chi connectivity index (χ1v) is 4.66. The Morgan fingerprint density at radius 2 is 2.00 bits per heavy atom. The Labute approximate surface area is 80.4 Å². The van der Waals surface area contributed by atoms with Crippen molar-refractivity contribution < 1.29 is 0 Å². The molecule has 0 aliphatic carbocycles. The molecule has 0 heterocycles. The van der Waals surface area contributed by atoms with Gasteiger partial charge in [-0.3, -0.25) is 0 Å². The van der Waals surface area contributed by atoms with Gasteiger partial charge < -0.3 is 5.73 Å². The Bertz CT molecular complexity index is 224. The normalized spacial score (nSPS) is 15.2. The van der Waals surface area contributed by atoms with Gasteiger partial charge in [-0.05, 0) is 31.9 Å². The second kappa shape index (κ2) is 5.95. The molecular weight excluding hydrogens is 166 g/mol. The zero-order valence-corrected chi connectivity index (χ0v) is 8.86. The maximum absolute atomic E-state index is 5.78. The highest BCUT2D eigenvalue weighted by atomic mass is 32.1. The van der Waals surface area contributed by atoms with Crippen LogP contribution in [0.25, 0.3) is 0 Å². The first kappa shape index (κ1) is 11.4. The predicted octanol–water partition coefficient (Wildman–Crippen LogP) is 2.67. The minimum absolute atomic E-state index is 0.687. The van der Waals surface area contributed by atoms with Gasteiger partial charge in [0.25, 0.3) is 0 Å². The van der Waals surface area contributed by atoms with Crippen molar-refractivity contribution in [1.82, 2.24) is 0 Å². The van der Waals surface area contributed by atoms with Crippen LogP contribution < -0.4 is 5.73 Å². The van der Waals surface area contributed by atoms with E-state index in [1.165, 1.54) is 5.57 Å². The quantitative estimate of drug-likeness (QED) is 0.510. The summed E-state index contributed by atoms with van der Waals surface area (Å²) in [6, 6.07) is 0. The molecule has 2 N–H and O–H groups in total. The fraction of sp³-hybridized carbons (Fsp3) is 0.400. The topological polar surface area (TPSA) is 26.0 Å². The summed E-state index contributed by atoms with van der Waals surface area (Å²) >= 11 is 4.23. The van der Waals surface area contributed by atoms with Crippen molar-refractivity contribution in [3.8, 4) is 0 Å². The Morgan fingerprint density at radius 3 is 2.33 bits per heavy atom. The fourth-order valence-corrected chi connectivity index (χ4v) is 1.40. The van der Waals surface area contributed by atoms with Crippen LogP contribution in [0.3, 0.4) is 0 Å². The van der Waals surface area contributed by atoms with Gasteiger partial charge in [0.2, 0.25) is 0 Å². The zero-order valence-electron chi connectivity index (χ0n) is 7.96. The smallest absolute Gasteiger partial charge is 0.0314 e. The molecule has 0 aromatic carbocycles. The van der Waals surface area contributed by atoms with E-state index in [1.807, 2.05) is 39.0 Å². The van der Waals surface area contributed by atoms with Crippen molar-refractivity contribution in [1.29, 1.82) is 0 Å². The first-order chi connectivity index (χ1) is 5.67. The van der Waals surface area contributed by atoms with Crippen molar-refractivity contribution in [2.24, 2.45) is 5.73 Å². The molecular formula is C10H17NS. The monoisotopic (exact) mass is 183 g/mol. The molecule has 12 heavy (non-hydrogen) atoms. The maximum atomic E-state index is 5.78. The highest BCUT2D eigenvalue weighted by Gasteiger charge is 1.99. The molecule has 0 aliphatic heterocycles. The average Bonchev–Trinajstić information content (AvgIpc) is 2.06. The van der Waals surface area contributed by atoms with E-state index in [9.17, 15) is 0 Å². The predicted molar refractivity (Wildman–Crippen MR) is 59.3 cm³/mol. The Morgan fingerprint density at radius 1 is 1.42 bits per heavy atom. The van der Waals surface area contributed by atoms with Gasteiger partial charge in [-0.1, -0.05) is 18.2 Å². The standard InChI is InChI=1S/C10H17NS/c1-4-6-8(3)9(7-12)10(11)5-2/h4-6,12H,7,11H2,1-3H3/b6-4-,9-8-,10-5+. The van der Waals surface area contributed by atoms with Crippen LogP contribution in [0.2, 0.25) is 0 Å². The lowest BCUT2D eigenvalue weighted by Crippen LogP contribution is -2.03. The molecule has 1 nitrogen and oxygen atoms in total. The molecule has 68 valence electrons. The molecule has 0 saturated carbocycles. The van der Waals surface area contributed by atoms with Crippen LogP contribution >= 0.6 is 12.6 Å². The SMILES string of the molecule is C\C=C/C(C)=C(CS)\C(N)=C/C. The summed E-state index contributed by atoms with van der Waals surface area (Å²) in [5.74, 6) is 0.687. The van der Waals surface area contributed by atoms with E-state index in [4.69, 9.17) is 5.73 Å². The number of nitrogens with two attached hydrogens (primary N) is 1. The summed E-state index contributed by atoms with van der Waals surface area (Å²) in [6.07, 6.45) is 5.95. The largest absolute Gasteiger partial charge is 0.399 e. The number of allylic oxidation sites excluding steroid dienone is 5. The van der Waals surface area contributed by atoms with Crippen LogP contribution in [0.5, 0.6) is 0 Å². The molecule has 2 heteroatoms. The van der Waals surface area contributed by atoms with Crippen molar-refractivity contribution in [2.45, 2.75) is 20.8 Å². The molecule has 0 aromatic rings. The Balaban J connectivity index is 4.85. The third kappa shape index (κ3) is 3.18. The van der Waals surface area contributed by atoms with E-state index in [1.54, 1.807) is 0 Å². The molecule has 0 spiro atoms. The van der Waals surface area contributed by atoms with Crippen LogP contribution in [0.1, 0.15) is 20.8 Å². The van der Waals surface area contributed by atoms with Gasteiger partial charge in [-0.2, -0.15) is 12.6 Å². The summed E-state index contributed by atoms with van der Waals surface area (Å²) in [6.45, 7) is 5.97. The van der Waals surface area contributed by atoms with Crippen LogP contribution in [0.15, 0.2) is 35.1 Å². The van der Waals surface area contributed by atoms with E-state index < -0.39 is 0 Å². The van der Waals surface area contributed by atoms with Crippen molar-refractivity contribution in [2.75, 3.05) is 5.75 Å².